The van der Waals surface area contributed by atoms with Gasteiger partial charge in [0.2, 0.25) is 0 Å². The van der Waals surface area contributed by atoms with Crippen LogP contribution in [0.15, 0.2) is 71.5 Å². The first-order valence-corrected chi connectivity index (χ1v) is 12.6. The number of methoxy groups -OCH3 is 1. The molecule has 1 atom stereocenters. The monoisotopic (exact) mass is 466 g/mol. The van der Waals surface area contributed by atoms with Gasteiger partial charge in [0, 0.05) is 29.6 Å². The van der Waals surface area contributed by atoms with Gasteiger partial charge in [-0.1, -0.05) is 70.1 Å². The van der Waals surface area contributed by atoms with Gasteiger partial charge in [0.25, 0.3) is 0 Å². The second-order valence-electron chi connectivity index (χ2n) is 8.95. The van der Waals surface area contributed by atoms with E-state index in [1.165, 1.54) is 41.7 Å². The normalized spacial score (nSPS) is 13.7. The van der Waals surface area contributed by atoms with Crippen molar-refractivity contribution in [1.29, 1.82) is 0 Å². The molecule has 1 unspecified atom stereocenters. The molecule has 0 aliphatic rings. The van der Waals surface area contributed by atoms with Gasteiger partial charge in [0.1, 0.15) is 5.75 Å². The van der Waals surface area contributed by atoms with Crippen LogP contribution in [0.5, 0.6) is 5.75 Å². The summed E-state index contributed by atoms with van der Waals surface area (Å²) >= 11 is 0. The SMILES string of the molecule is C/C=C(\C)NCCCCC.C=C(C)\C=C/C=C(/C(C)=C(/C)c1ccc(OC)cc1N)C(C)CC. The second kappa shape index (κ2) is 17.8. The maximum atomic E-state index is 6.23. The van der Waals surface area contributed by atoms with Crippen molar-refractivity contribution in [3.8, 4) is 5.75 Å². The quantitative estimate of drug-likeness (QED) is 0.184. The van der Waals surface area contributed by atoms with E-state index < -0.39 is 0 Å². The molecule has 1 aromatic carbocycles. The summed E-state index contributed by atoms with van der Waals surface area (Å²) < 4.78 is 5.24. The number of unbranched alkanes of at least 4 members (excludes halogenated alkanes) is 2. The summed E-state index contributed by atoms with van der Waals surface area (Å²) in [6.07, 6.45) is 13.4. The number of nitrogens with one attached hydrogen (secondary N) is 1. The Morgan fingerprint density at radius 1 is 1.15 bits per heavy atom. The third-order valence-electron chi connectivity index (χ3n) is 6.08. The van der Waals surface area contributed by atoms with Gasteiger partial charge in [-0.25, -0.2) is 0 Å². The third kappa shape index (κ3) is 12.0. The molecule has 34 heavy (non-hydrogen) atoms. The van der Waals surface area contributed by atoms with Crippen molar-refractivity contribution >= 4 is 11.3 Å². The number of ether oxygens (including phenoxy) is 1. The van der Waals surface area contributed by atoms with E-state index in [0.717, 1.165) is 35.5 Å². The summed E-state index contributed by atoms with van der Waals surface area (Å²) in [5.41, 5.74) is 14.2. The second-order valence-corrected chi connectivity index (χ2v) is 8.95. The molecular formula is C31H50N2O. The maximum Gasteiger partial charge on any atom is 0.120 e. The lowest BCUT2D eigenvalue weighted by molar-refractivity contribution is 0.415. The van der Waals surface area contributed by atoms with E-state index in [-0.39, 0.29) is 0 Å². The fourth-order valence-electron chi connectivity index (χ4n) is 3.39. The van der Waals surface area contributed by atoms with E-state index in [1.807, 2.05) is 31.2 Å². The zero-order valence-corrected chi connectivity index (χ0v) is 23.3. The van der Waals surface area contributed by atoms with Crippen LogP contribution in [0.4, 0.5) is 5.69 Å². The molecule has 1 aromatic rings. The van der Waals surface area contributed by atoms with Crippen molar-refractivity contribution in [2.45, 2.75) is 81.1 Å². The van der Waals surface area contributed by atoms with Gasteiger partial charge in [-0.3, -0.25) is 0 Å². The number of benzene rings is 1. The van der Waals surface area contributed by atoms with Gasteiger partial charge in [0.05, 0.1) is 7.11 Å². The number of anilines is 1. The van der Waals surface area contributed by atoms with E-state index in [9.17, 15) is 0 Å². The van der Waals surface area contributed by atoms with E-state index in [0.29, 0.717) is 5.92 Å². The lowest BCUT2D eigenvalue weighted by Crippen LogP contribution is -2.11. The summed E-state index contributed by atoms with van der Waals surface area (Å²) in [4.78, 5) is 0. The molecule has 3 heteroatoms. The molecule has 0 amide bonds. The van der Waals surface area contributed by atoms with Gasteiger partial charge in [-0.2, -0.15) is 0 Å². The Bertz CT molecular complexity index is 871. The van der Waals surface area contributed by atoms with Crippen LogP contribution in [-0.2, 0) is 0 Å². The standard InChI is InChI=1S/C22H31NO.C9H19N/c1-8-16(4)20(11-9-10-15(2)3)17(5)18(6)21-13-12-19(24-7)14-22(21)23;1-4-6-7-8-10-9(3)5-2/h9-14,16H,2,8,23H2,1,3-7H3;5,10H,4,6-8H2,1-3H3/b10-9-,18-17-,20-11+;9-5+. The van der Waals surface area contributed by atoms with Gasteiger partial charge < -0.3 is 15.8 Å². The van der Waals surface area contributed by atoms with Crippen LogP contribution in [0.25, 0.3) is 5.57 Å². The van der Waals surface area contributed by atoms with Gasteiger partial charge in [-0.05, 0) is 82.2 Å². The highest BCUT2D eigenvalue weighted by atomic mass is 16.5. The fraction of sp³-hybridized carbons (Fsp3) is 0.484. The van der Waals surface area contributed by atoms with Crippen molar-refractivity contribution in [2.75, 3.05) is 19.4 Å². The van der Waals surface area contributed by atoms with Crippen LogP contribution < -0.4 is 15.8 Å². The van der Waals surface area contributed by atoms with Gasteiger partial charge >= 0.3 is 0 Å². The van der Waals surface area contributed by atoms with Crippen molar-refractivity contribution in [2.24, 2.45) is 5.92 Å². The highest BCUT2D eigenvalue weighted by molar-refractivity contribution is 5.79. The topological polar surface area (TPSA) is 47.3 Å². The number of nitrogen functional groups attached to an aromatic ring is 1. The minimum atomic E-state index is 0.481. The molecule has 1 rings (SSSR count). The van der Waals surface area contributed by atoms with E-state index in [2.05, 4.69) is 78.6 Å². The highest BCUT2D eigenvalue weighted by Crippen LogP contribution is 2.33. The fourth-order valence-corrected chi connectivity index (χ4v) is 3.39. The molecule has 0 aliphatic heterocycles. The van der Waals surface area contributed by atoms with E-state index >= 15 is 0 Å². The molecule has 0 radical (unpaired) electrons. The molecule has 0 bridgehead atoms. The summed E-state index contributed by atoms with van der Waals surface area (Å²) in [7, 11) is 1.65. The first-order chi connectivity index (χ1) is 16.1. The number of rotatable bonds is 12. The van der Waals surface area contributed by atoms with Crippen LogP contribution in [-0.4, -0.2) is 13.7 Å². The molecule has 0 aromatic heterocycles. The lowest BCUT2D eigenvalue weighted by atomic mass is 9.87. The molecule has 0 saturated carbocycles. The first-order valence-electron chi connectivity index (χ1n) is 12.6. The zero-order chi connectivity index (χ0) is 26.1. The summed E-state index contributed by atoms with van der Waals surface area (Å²) in [6.45, 7) is 22.2. The molecule has 190 valence electrons. The van der Waals surface area contributed by atoms with Crippen LogP contribution in [0.3, 0.4) is 0 Å². The van der Waals surface area contributed by atoms with Gasteiger partial charge in [0.15, 0.2) is 0 Å². The molecule has 3 nitrogen and oxygen atoms in total. The van der Waals surface area contributed by atoms with Crippen molar-refractivity contribution in [3.05, 3.63) is 77.1 Å². The van der Waals surface area contributed by atoms with Crippen LogP contribution in [0, 0.1) is 5.92 Å². The van der Waals surface area contributed by atoms with Crippen LogP contribution in [0.2, 0.25) is 0 Å². The predicted octanol–water partition coefficient (Wildman–Crippen LogP) is 8.87. The minimum Gasteiger partial charge on any atom is -0.497 e. The Balaban J connectivity index is 0.000000916. The Morgan fingerprint density at radius 2 is 1.82 bits per heavy atom. The highest BCUT2D eigenvalue weighted by Gasteiger charge is 2.13. The molecule has 3 N–H and O–H groups in total. The van der Waals surface area contributed by atoms with Crippen LogP contribution >= 0.6 is 0 Å². The maximum absolute atomic E-state index is 6.23. The minimum absolute atomic E-state index is 0.481. The number of hydrogen-bond donors (Lipinski definition) is 2. The average Bonchev–Trinajstić information content (AvgIpc) is 2.83. The Hall–Kier alpha value is -2.68. The van der Waals surface area contributed by atoms with E-state index in [1.54, 1.807) is 7.11 Å². The first kappa shape index (κ1) is 31.3. The number of allylic oxidation sites excluding steroid dienone is 9. The Labute approximate surface area is 210 Å². The largest absolute Gasteiger partial charge is 0.497 e. The van der Waals surface area contributed by atoms with E-state index in [4.69, 9.17) is 10.5 Å². The van der Waals surface area contributed by atoms with Crippen molar-refractivity contribution in [1.82, 2.24) is 5.32 Å². The smallest absolute Gasteiger partial charge is 0.120 e. The number of hydrogen-bond acceptors (Lipinski definition) is 3. The van der Waals surface area contributed by atoms with Crippen molar-refractivity contribution < 1.29 is 4.74 Å². The summed E-state index contributed by atoms with van der Waals surface area (Å²) in [6, 6.07) is 5.86. The molecule has 0 heterocycles. The molecule has 0 saturated heterocycles. The average molecular weight is 467 g/mol. The molecular weight excluding hydrogens is 416 g/mol. The number of nitrogens with two attached hydrogens (primary N) is 1. The Kier molecular flexibility index (Phi) is 16.4. The molecule has 0 spiro atoms. The zero-order valence-electron chi connectivity index (χ0n) is 23.3. The Morgan fingerprint density at radius 3 is 2.32 bits per heavy atom. The summed E-state index contributed by atoms with van der Waals surface area (Å²) in [5, 5.41) is 3.33. The predicted molar refractivity (Wildman–Crippen MR) is 154 cm³/mol. The third-order valence-corrected chi connectivity index (χ3v) is 6.08. The molecule has 0 fully saturated rings. The summed E-state index contributed by atoms with van der Waals surface area (Å²) in [5.74, 6) is 1.26. The molecule has 0 aliphatic carbocycles. The van der Waals surface area contributed by atoms with Gasteiger partial charge in [-0.15, -0.1) is 0 Å². The van der Waals surface area contributed by atoms with Crippen molar-refractivity contribution in [3.63, 3.8) is 0 Å². The van der Waals surface area contributed by atoms with Crippen LogP contribution in [0.1, 0.15) is 86.6 Å². The lowest BCUT2D eigenvalue weighted by Gasteiger charge is -2.19.